The van der Waals surface area contributed by atoms with Gasteiger partial charge in [0.05, 0.1) is 6.33 Å². The molecule has 2 atom stereocenters. The van der Waals surface area contributed by atoms with Gasteiger partial charge >= 0.3 is 5.97 Å². The Hall–Kier alpha value is -3.56. The Morgan fingerprint density at radius 2 is 1.79 bits per heavy atom. The lowest BCUT2D eigenvalue weighted by atomic mass is 9.70. The number of nitrogens with one attached hydrogen (secondary N) is 3. The van der Waals surface area contributed by atoms with Gasteiger partial charge in [0.1, 0.15) is 23.1 Å². The zero-order valence-corrected chi connectivity index (χ0v) is 27.1. The number of nitrogens with zero attached hydrogens (tertiary/aromatic N) is 1. The number of carbonyl (C=O) groups excluding carboxylic acids is 2. The molecule has 0 spiro atoms. The molecule has 2 unspecified atom stereocenters. The Balaban J connectivity index is 1.46. The van der Waals surface area contributed by atoms with Gasteiger partial charge < -0.3 is 30.6 Å². The van der Waals surface area contributed by atoms with Gasteiger partial charge in [-0.15, -0.1) is 0 Å². The molecule has 5 N–H and O–H groups in total. The third-order valence-corrected chi connectivity index (χ3v) is 8.81. The van der Waals surface area contributed by atoms with Crippen molar-refractivity contribution in [2.24, 2.45) is 10.8 Å². The number of phenolic OH excluding ortho intramolecular Hbond substituents is 1. The number of carbonyl (C=O) groups is 3. The van der Waals surface area contributed by atoms with Gasteiger partial charge in [0.25, 0.3) is 0 Å². The summed E-state index contributed by atoms with van der Waals surface area (Å²) >= 11 is 0. The van der Waals surface area contributed by atoms with E-state index in [-0.39, 0.29) is 41.7 Å². The van der Waals surface area contributed by atoms with Crippen molar-refractivity contribution in [3.63, 3.8) is 0 Å². The van der Waals surface area contributed by atoms with Crippen LogP contribution < -0.4 is 15.4 Å². The van der Waals surface area contributed by atoms with Crippen LogP contribution in [0.1, 0.15) is 101 Å². The second-order valence-corrected chi connectivity index (χ2v) is 14.1. The number of rotatable bonds is 14. The Morgan fingerprint density at radius 1 is 1.09 bits per heavy atom. The first kappa shape index (κ1) is 33.9. The lowest BCUT2D eigenvalue weighted by Gasteiger charge is -2.41. The average molecular weight is 599 g/mol. The van der Waals surface area contributed by atoms with Crippen LogP contribution in [0.25, 0.3) is 0 Å². The SMILES string of the molecule is Cc1c(C)c2c(c(C)c1O)CCC(C)(CCC(C)(C)CC(C)(C)CC(=O)NCCC(=O)NC(Cc1cnc[nH]1)C(=O)O)O2. The molecule has 0 saturated carbocycles. The van der Waals surface area contributed by atoms with E-state index in [2.05, 4.69) is 55.2 Å². The number of fused-ring (bicyclic) bond motifs is 1. The minimum absolute atomic E-state index is 0.00965. The van der Waals surface area contributed by atoms with Gasteiger partial charge in [-0.1, -0.05) is 27.7 Å². The van der Waals surface area contributed by atoms with Crippen molar-refractivity contribution in [2.75, 3.05) is 6.54 Å². The molecule has 2 amide bonds. The van der Waals surface area contributed by atoms with Crippen LogP contribution in [-0.2, 0) is 27.2 Å². The molecule has 43 heavy (non-hydrogen) atoms. The fourth-order valence-electron chi connectivity index (χ4n) is 6.42. The maximum atomic E-state index is 12.8. The number of ether oxygens (including phenoxy) is 1. The number of carboxylic acids is 1. The van der Waals surface area contributed by atoms with Crippen molar-refractivity contribution in [1.82, 2.24) is 20.6 Å². The first-order chi connectivity index (χ1) is 19.9. The number of amides is 2. The monoisotopic (exact) mass is 598 g/mol. The number of benzene rings is 1. The van der Waals surface area contributed by atoms with Crippen molar-refractivity contribution >= 4 is 17.8 Å². The molecule has 10 nitrogen and oxygen atoms in total. The molecule has 1 aliphatic rings. The molecule has 238 valence electrons. The number of hydrogen-bond donors (Lipinski definition) is 5. The van der Waals surface area contributed by atoms with E-state index in [1.54, 1.807) is 0 Å². The molecule has 0 radical (unpaired) electrons. The molecule has 10 heteroatoms. The molecule has 3 rings (SSSR count). The second-order valence-electron chi connectivity index (χ2n) is 14.1. The van der Waals surface area contributed by atoms with Crippen LogP contribution in [-0.4, -0.2) is 56.2 Å². The number of aromatic amines is 1. The normalized spacial score (nSPS) is 17.5. The molecule has 2 aromatic rings. The van der Waals surface area contributed by atoms with Crippen LogP contribution in [0.4, 0.5) is 0 Å². The van der Waals surface area contributed by atoms with Gasteiger partial charge in [0, 0.05) is 43.3 Å². The van der Waals surface area contributed by atoms with Crippen LogP contribution >= 0.6 is 0 Å². The summed E-state index contributed by atoms with van der Waals surface area (Å²) in [6.07, 6.45) is 7.78. The van der Waals surface area contributed by atoms with Crippen molar-refractivity contribution in [3.05, 3.63) is 40.5 Å². The lowest BCUT2D eigenvalue weighted by Crippen LogP contribution is -2.43. The molecule has 0 aliphatic carbocycles. The first-order valence-corrected chi connectivity index (χ1v) is 15.2. The summed E-state index contributed by atoms with van der Waals surface area (Å²) in [5.74, 6) is -0.421. The van der Waals surface area contributed by atoms with Crippen molar-refractivity contribution in [3.8, 4) is 11.5 Å². The van der Waals surface area contributed by atoms with Crippen LogP contribution in [0.15, 0.2) is 12.5 Å². The Morgan fingerprint density at radius 3 is 2.42 bits per heavy atom. The van der Waals surface area contributed by atoms with E-state index in [4.69, 9.17) is 4.74 Å². The highest BCUT2D eigenvalue weighted by Crippen LogP contribution is 2.46. The minimum Gasteiger partial charge on any atom is -0.507 e. The Labute approximate surface area is 255 Å². The van der Waals surface area contributed by atoms with Crippen LogP contribution in [0.5, 0.6) is 11.5 Å². The highest BCUT2D eigenvalue weighted by atomic mass is 16.5. The largest absolute Gasteiger partial charge is 0.507 e. The van der Waals surface area contributed by atoms with Crippen molar-refractivity contribution in [2.45, 2.75) is 118 Å². The number of aromatic nitrogens is 2. The first-order valence-electron chi connectivity index (χ1n) is 15.2. The lowest BCUT2D eigenvalue weighted by molar-refractivity contribution is -0.141. The molecule has 1 aromatic carbocycles. The van der Waals surface area contributed by atoms with E-state index in [0.29, 0.717) is 17.9 Å². The van der Waals surface area contributed by atoms with E-state index >= 15 is 0 Å². The predicted molar refractivity (Wildman–Crippen MR) is 165 cm³/mol. The van der Waals surface area contributed by atoms with E-state index in [1.807, 2.05) is 20.8 Å². The third-order valence-electron chi connectivity index (χ3n) is 8.81. The number of phenols is 1. The van der Waals surface area contributed by atoms with E-state index < -0.39 is 17.9 Å². The maximum absolute atomic E-state index is 12.8. The summed E-state index contributed by atoms with van der Waals surface area (Å²) in [5.41, 5.74) is 3.90. The smallest absolute Gasteiger partial charge is 0.326 e. The molecule has 0 fully saturated rings. The van der Waals surface area contributed by atoms with Crippen LogP contribution in [0.3, 0.4) is 0 Å². The quantitative estimate of drug-likeness (QED) is 0.204. The van der Waals surface area contributed by atoms with Crippen LogP contribution in [0, 0.1) is 31.6 Å². The number of aliphatic carboxylic acids is 1. The number of imidazole rings is 1. The topological polar surface area (TPSA) is 154 Å². The maximum Gasteiger partial charge on any atom is 0.326 e. The van der Waals surface area contributed by atoms with Gasteiger partial charge in [-0.3, -0.25) is 9.59 Å². The summed E-state index contributed by atoms with van der Waals surface area (Å²) in [4.78, 5) is 43.3. The number of aromatic hydroxyl groups is 1. The summed E-state index contributed by atoms with van der Waals surface area (Å²) in [6, 6.07) is -1.08. The van der Waals surface area contributed by atoms with Gasteiger partial charge in [-0.25, -0.2) is 9.78 Å². The van der Waals surface area contributed by atoms with Crippen molar-refractivity contribution in [1.29, 1.82) is 0 Å². The Bertz CT molecular complexity index is 1320. The third kappa shape index (κ3) is 9.21. The Kier molecular flexibility index (Phi) is 10.6. The molecular formula is C33H50N4O6. The predicted octanol–water partition coefficient (Wildman–Crippen LogP) is 5.06. The molecule has 1 aromatic heterocycles. The number of H-pyrrole nitrogens is 1. The highest BCUT2D eigenvalue weighted by molar-refractivity contribution is 5.84. The fourth-order valence-corrected chi connectivity index (χ4v) is 6.42. The van der Waals surface area contributed by atoms with Crippen molar-refractivity contribution < 1.29 is 29.3 Å². The standard InChI is InChI=1S/C33H50N4O6/c1-20-21(2)29-24(22(3)28(20)40)9-11-33(8,43-29)13-12-31(4,5)18-32(6,7)16-27(39)35-14-10-26(38)37-25(30(41)42)15-23-17-34-19-36-23/h17,19,25,40H,9-16,18H2,1-8H3,(H,34,36)(H,35,39)(H,37,38)(H,41,42). The molecule has 0 bridgehead atoms. The van der Waals surface area contributed by atoms with E-state index in [9.17, 15) is 24.6 Å². The average Bonchev–Trinajstić information content (AvgIpc) is 3.41. The molecule has 0 saturated heterocycles. The molecular weight excluding hydrogens is 548 g/mol. The van der Waals surface area contributed by atoms with Gasteiger partial charge in [-0.05, 0) is 87.3 Å². The van der Waals surface area contributed by atoms with Gasteiger partial charge in [-0.2, -0.15) is 0 Å². The second kappa shape index (κ2) is 13.4. The van der Waals surface area contributed by atoms with E-state index in [0.717, 1.165) is 60.1 Å². The van der Waals surface area contributed by atoms with Gasteiger partial charge in [0.2, 0.25) is 11.8 Å². The molecule has 2 heterocycles. The highest BCUT2D eigenvalue weighted by Gasteiger charge is 2.37. The summed E-state index contributed by atoms with van der Waals surface area (Å²) in [5, 5.41) is 25.2. The summed E-state index contributed by atoms with van der Waals surface area (Å²) in [6.45, 7) is 16.9. The van der Waals surface area contributed by atoms with E-state index in [1.165, 1.54) is 12.5 Å². The summed E-state index contributed by atoms with van der Waals surface area (Å²) in [7, 11) is 0. The zero-order chi connectivity index (χ0) is 32.2. The zero-order valence-electron chi connectivity index (χ0n) is 27.1. The number of hydrogen-bond acceptors (Lipinski definition) is 6. The van der Waals surface area contributed by atoms with Crippen LogP contribution in [0.2, 0.25) is 0 Å². The fraction of sp³-hybridized carbons (Fsp3) is 0.636. The minimum atomic E-state index is -1.13. The summed E-state index contributed by atoms with van der Waals surface area (Å²) < 4.78 is 6.64. The molecule has 1 aliphatic heterocycles. The van der Waals surface area contributed by atoms with Gasteiger partial charge in [0.15, 0.2) is 0 Å². The number of carboxylic acid groups (broad SMARTS) is 1.